The second-order valence-electron chi connectivity index (χ2n) is 7.83. The molecular formula is C24H18F8O6S. The maximum atomic E-state index is 14.0. The first-order valence-corrected chi connectivity index (χ1v) is 11.6. The Morgan fingerprint density at radius 1 is 0.872 bits per heavy atom. The highest BCUT2D eigenvalue weighted by Crippen LogP contribution is 2.39. The molecule has 1 aromatic heterocycles. The highest BCUT2D eigenvalue weighted by molar-refractivity contribution is 7.99. The Labute approximate surface area is 219 Å². The molecule has 0 amide bonds. The third-order valence-corrected chi connectivity index (χ3v) is 5.52. The molecule has 15 heteroatoms. The molecule has 6 nitrogen and oxygen atoms in total. The number of halogens is 8. The number of carbonyl (C=O) groups is 1. The molecule has 0 spiro atoms. The molecule has 0 aliphatic heterocycles. The van der Waals surface area contributed by atoms with Crippen molar-refractivity contribution in [2.24, 2.45) is 0 Å². The van der Waals surface area contributed by atoms with Crippen molar-refractivity contribution in [1.82, 2.24) is 0 Å². The van der Waals surface area contributed by atoms with Crippen LogP contribution in [0.2, 0.25) is 0 Å². The van der Waals surface area contributed by atoms with Gasteiger partial charge in [-0.3, -0.25) is 0 Å². The number of hydrogen-bond donors (Lipinski definition) is 0. The Morgan fingerprint density at radius 3 is 2.10 bits per heavy atom. The van der Waals surface area contributed by atoms with E-state index in [-0.39, 0.29) is 10.5 Å². The molecule has 0 saturated heterocycles. The molecule has 39 heavy (non-hydrogen) atoms. The van der Waals surface area contributed by atoms with E-state index in [2.05, 4.69) is 25.5 Å². The largest absolute Gasteiger partial charge is 0.496 e. The molecule has 0 saturated carbocycles. The van der Waals surface area contributed by atoms with E-state index >= 15 is 0 Å². The summed E-state index contributed by atoms with van der Waals surface area (Å²) in [6.07, 6.45) is -21.5. The lowest BCUT2D eigenvalue weighted by Gasteiger charge is -2.27. The average molecular weight is 586 g/mol. The predicted molar refractivity (Wildman–Crippen MR) is 121 cm³/mol. The summed E-state index contributed by atoms with van der Waals surface area (Å²) in [5.41, 5.74) is 0.662. The summed E-state index contributed by atoms with van der Waals surface area (Å²) in [7, 11) is 0. The zero-order chi connectivity index (χ0) is 29.1. The highest BCUT2D eigenvalue weighted by atomic mass is 32.2. The van der Waals surface area contributed by atoms with Crippen LogP contribution in [0.1, 0.15) is 6.92 Å². The number of furan rings is 1. The van der Waals surface area contributed by atoms with Crippen LogP contribution >= 0.6 is 11.8 Å². The standard InChI is InChI=1S/C24H18F8O6S/c1-14(2)20(33)34-12-21(25,26)36-23(29,30)38-24(31,32)37-22(27,28)13-39-17-9-8-16-10-18(35-19(16)11-17)15-6-4-3-5-7-15/h3-11H,1,12-13H2,2H3. The van der Waals surface area contributed by atoms with Crippen molar-refractivity contribution in [3.8, 4) is 11.3 Å². The van der Waals surface area contributed by atoms with Crippen LogP contribution in [0.15, 0.2) is 76.1 Å². The number of ether oxygens (including phenoxy) is 4. The number of hydrogen-bond acceptors (Lipinski definition) is 7. The maximum Gasteiger partial charge on any atom is 0.496 e. The third-order valence-electron chi connectivity index (χ3n) is 4.45. The molecule has 0 bridgehead atoms. The van der Waals surface area contributed by atoms with E-state index in [4.69, 9.17) is 4.42 Å². The van der Waals surface area contributed by atoms with Crippen LogP contribution in [0.4, 0.5) is 35.1 Å². The lowest BCUT2D eigenvalue weighted by molar-refractivity contribution is -0.572. The summed E-state index contributed by atoms with van der Waals surface area (Å²) in [5, 5.41) is 0.620. The summed E-state index contributed by atoms with van der Waals surface area (Å²) in [5.74, 6) is -2.44. The predicted octanol–water partition coefficient (Wildman–Crippen LogP) is 7.65. The first kappa shape index (κ1) is 30.4. The molecule has 0 aliphatic rings. The molecule has 1 heterocycles. The van der Waals surface area contributed by atoms with Crippen molar-refractivity contribution in [3.05, 3.63) is 66.7 Å². The normalized spacial score (nSPS) is 13.1. The van der Waals surface area contributed by atoms with Gasteiger partial charge in [-0.15, -0.1) is 29.3 Å². The number of rotatable bonds is 13. The van der Waals surface area contributed by atoms with Crippen molar-refractivity contribution in [2.75, 3.05) is 12.4 Å². The molecular weight excluding hydrogens is 568 g/mol. The highest BCUT2D eigenvalue weighted by Gasteiger charge is 2.56. The van der Waals surface area contributed by atoms with Gasteiger partial charge >= 0.3 is 30.8 Å². The fraction of sp³-hybridized carbons (Fsp3) is 0.292. The van der Waals surface area contributed by atoms with Crippen LogP contribution in [0, 0.1) is 0 Å². The quantitative estimate of drug-likeness (QED) is 0.0670. The Kier molecular flexibility index (Phi) is 8.99. The molecule has 0 radical (unpaired) electrons. The van der Waals surface area contributed by atoms with Gasteiger partial charge < -0.3 is 9.15 Å². The van der Waals surface area contributed by atoms with Crippen molar-refractivity contribution in [1.29, 1.82) is 0 Å². The Hall–Kier alpha value is -3.14. The van der Waals surface area contributed by atoms with E-state index in [0.29, 0.717) is 28.5 Å². The Morgan fingerprint density at radius 2 is 1.49 bits per heavy atom. The summed E-state index contributed by atoms with van der Waals surface area (Å²) in [6.45, 7) is 1.96. The van der Waals surface area contributed by atoms with Gasteiger partial charge in [0.15, 0.2) is 6.61 Å². The number of fused-ring (bicyclic) bond motifs is 1. The number of benzene rings is 2. The molecule has 0 fully saturated rings. The van der Waals surface area contributed by atoms with E-state index < -0.39 is 43.1 Å². The second kappa shape index (κ2) is 11.5. The Bertz CT molecular complexity index is 1310. The van der Waals surface area contributed by atoms with E-state index in [9.17, 15) is 39.9 Å². The van der Waals surface area contributed by atoms with E-state index in [0.717, 1.165) is 12.5 Å². The second-order valence-corrected chi connectivity index (χ2v) is 8.88. The summed E-state index contributed by atoms with van der Waals surface area (Å²) in [4.78, 5) is 11.2. The summed E-state index contributed by atoms with van der Waals surface area (Å²) in [6, 6.07) is 14.9. The fourth-order valence-corrected chi connectivity index (χ4v) is 3.62. The Balaban J connectivity index is 1.58. The zero-order valence-corrected chi connectivity index (χ0v) is 20.5. The van der Waals surface area contributed by atoms with Crippen LogP contribution in [-0.4, -0.2) is 43.1 Å². The molecule has 0 N–H and O–H groups in total. The van der Waals surface area contributed by atoms with Gasteiger partial charge in [0, 0.05) is 21.4 Å². The van der Waals surface area contributed by atoms with Crippen LogP contribution in [0.25, 0.3) is 22.3 Å². The topological polar surface area (TPSA) is 67.1 Å². The summed E-state index contributed by atoms with van der Waals surface area (Å²) >= 11 is 0.309. The summed E-state index contributed by atoms with van der Waals surface area (Å²) < 4.78 is 127. The number of esters is 1. The van der Waals surface area contributed by atoms with Gasteiger partial charge in [-0.25, -0.2) is 19.0 Å². The molecule has 0 aliphatic carbocycles. The monoisotopic (exact) mass is 586 g/mol. The van der Waals surface area contributed by atoms with Gasteiger partial charge in [-0.1, -0.05) is 36.9 Å². The van der Waals surface area contributed by atoms with Crippen molar-refractivity contribution in [3.63, 3.8) is 0 Å². The lowest BCUT2D eigenvalue weighted by atomic mass is 10.1. The van der Waals surface area contributed by atoms with Gasteiger partial charge in [-0.2, -0.15) is 17.6 Å². The lowest BCUT2D eigenvalue weighted by Crippen LogP contribution is -2.46. The van der Waals surface area contributed by atoms with E-state index in [1.54, 1.807) is 36.4 Å². The third kappa shape index (κ3) is 9.23. The fourth-order valence-electron chi connectivity index (χ4n) is 2.87. The maximum absolute atomic E-state index is 14.0. The molecule has 0 atom stereocenters. The molecule has 3 rings (SSSR count). The SMILES string of the molecule is C=C(C)C(=O)OCC(F)(F)OC(F)(F)OC(F)(F)OC(F)(F)CSc1ccc2cc(-c3ccccc3)oc2c1. The van der Waals surface area contributed by atoms with Crippen LogP contribution < -0.4 is 0 Å². The van der Waals surface area contributed by atoms with Crippen LogP contribution in [0.5, 0.6) is 0 Å². The minimum Gasteiger partial charge on any atom is -0.456 e. The van der Waals surface area contributed by atoms with Gasteiger partial charge in [0.05, 0.1) is 5.75 Å². The van der Waals surface area contributed by atoms with Crippen LogP contribution in [0.3, 0.4) is 0 Å². The smallest absolute Gasteiger partial charge is 0.456 e. The van der Waals surface area contributed by atoms with Gasteiger partial charge in [-0.05, 0) is 31.2 Å². The first-order chi connectivity index (χ1) is 18.0. The zero-order valence-electron chi connectivity index (χ0n) is 19.7. The van der Waals surface area contributed by atoms with Crippen molar-refractivity contribution < 1.29 is 63.3 Å². The molecule has 0 unspecified atom stereocenters. The number of thioether (sulfide) groups is 1. The van der Waals surface area contributed by atoms with E-state index in [1.165, 1.54) is 18.2 Å². The van der Waals surface area contributed by atoms with Crippen molar-refractivity contribution in [2.45, 2.75) is 36.6 Å². The van der Waals surface area contributed by atoms with E-state index in [1.807, 2.05) is 0 Å². The average Bonchev–Trinajstić information content (AvgIpc) is 3.23. The van der Waals surface area contributed by atoms with Gasteiger partial charge in [0.1, 0.15) is 11.3 Å². The van der Waals surface area contributed by atoms with Crippen molar-refractivity contribution >= 4 is 28.7 Å². The molecule has 212 valence electrons. The minimum absolute atomic E-state index is 0.126. The first-order valence-electron chi connectivity index (χ1n) is 10.6. The molecule has 3 aromatic rings. The van der Waals surface area contributed by atoms with Gasteiger partial charge in [0.25, 0.3) is 0 Å². The number of alkyl halides is 8. The molecule has 2 aromatic carbocycles. The minimum atomic E-state index is -5.84. The number of carbonyl (C=O) groups excluding carboxylic acids is 1. The van der Waals surface area contributed by atoms with Crippen LogP contribution in [-0.2, 0) is 23.7 Å². The van der Waals surface area contributed by atoms with Gasteiger partial charge in [0.2, 0.25) is 0 Å².